The first-order valence-electron chi connectivity index (χ1n) is 7.92. The van der Waals surface area contributed by atoms with Crippen LogP contribution in [0.25, 0.3) is 0 Å². The monoisotopic (exact) mass is 294 g/mol. The number of fused-ring (bicyclic) bond motifs is 2. The zero-order valence-electron chi connectivity index (χ0n) is 12.6. The van der Waals surface area contributed by atoms with Crippen molar-refractivity contribution in [2.24, 2.45) is 23.5 Å². The molecular weight excluding hydrogens is 270 g/mol. The first-order valence-corrected chi connectivity index (χ1v) is 7.92. The lowest BCUT2D eigenvalue weighted by molar-refractivity contribution is 0.211. The molecule has 2 bridgehead atoms. The first kappa shape index (κ1) is 14.9. The van der Waals surface area contributed by atoms with E-state index in [4.69, 9.17) is 5.73 Å². The van der Waals surface area contributed by atoms with E-state index in [9.17, 15) is 8.78 Å². The lowest BCUT2D eigenvalue weighted by Crippen LogP contribution is -2.34. The largest absolute Gasteiger partial charge is 0.323 e. The molecule has 1 aromatic carbocycles. The number of rotatable bonds is 5. The van der Waals surface area contributed by atoms with Crippen molar-refractivity contribution in [3.05, 3.63) is 35.4 Å². The fraction of sp³-hybridized carbons (Fsp3) is 0.647. The smallest absolute Gasteiger partial charge is 0.130 e. The molecular formula is C17H24F2N2. The minimum atomic E-state index is -0.557. The second-order valence-electron chi connectivity index (χ2n) is 6.93. The average Bonchev–Trinajstić information content (AvgIpc) is 3.00. The molecule has 0 spiro atoms. The van der Waals surface area contributed by atoms with E-state index in [0.29, 0.717) is 12.1 Å². The highest BCUT2D eigenvalue weighted by atomic mass is 19.1. The molecule has 3 rings (SSSR count). The number of halogens is 2. The Bertz CT molecular complexity index is 506. The van der Waals surface area contributed by atoms with Gasteiger partial charge in [-0.05, 0) is 50.1 Å². The highest BCUT2D eigenvalue weighted by molar-refractivity contribution is 5.22. The van der Waals surface area contributed by atoms with Gasteiger partial charge in [0.15, 0.2) is 0 Å². The van der Waals surface area contributed by atoms with Crippen molar-refractivity contribution in [3.8, 4) is 0 Å². The molecule has 2 aliphatic carbocycles. The lowest BCUT2D eigenvalue weighted by Gasteiger charge is -2.29. The molecule has 2 fully saturated rings. The van der Waals surface area contributed by atoms with Crippen molar-refractivity contribution in [1.29, 1.82) is 0 Å². The summed E-state index contributed by atoms with van der Waals surface area (Å²) in [6.45, 7) is 1.65. The summed E-state index contributed by atoms with van der Waals surface area (Å²) in [6.07, 6.45) is 5.53. The third-order valence-corrected chi connectivity index (χ3v) is 5.30. The van der Waals surface area contributed by atoms with E-state index < -0.39 is 17.7 Å². The Balaban J connectivity index is 1.55. The van der Waals surface area contributed by atoms with Gasteiger partial charge in [-0.25, -0.2) is 8.78 Å². The molecule has 21 heavy (non-hydrogen) atoms. The highest BCUT2D eigenvalue weighted by Crippen LogP contribution is 2.48. The van der Waals surface area contributed by atoms with Crippen LogP contribution in [-0.4, -0.2) is 25.0 Å². The van der Waals surface area contributed by atoms with Crippen molar-refractivity contribution in [1.82, 2.24) is 4.90 Å². The molecule has 0 radical (unpaired) electrons. The van der Waals surface area contributed by atoms with E-state index in [0.717, 1.165) is 30.4 Å². The van der Waals surface area contributed by atoms with E-state index in [1.807, 2.05) is 7.05 Å². The fourth-order valence-electron chi connectivity index (χ4n) is 4.31. The van der Waals surface area contributed by atoms with Crippen LogP contribution in [0.4, 0.5) is 8.78 Å². The van der Waals surface area contributed by atoms with Crippen molar-refractivity contribution in [2.75, 3.05) is 20.1 Å². The summed E-state index contributed by atoms with van der Waals surface area (Å²) >= 11 is 0. The predicted molar refractivity (Wildman–Crippen MR) is 79.7 cm³/mol. The number of likely N-dealkylation sites (N-methyl/N-ethyl adjacent to an activating group) is 1. The van der Waals surface area contributed by atoms with Crippen LogP contribution in [0, 0.1) is 29.4 Å². The van der Waals surface area contributed by atoms with E-state index in [2.05, 4.69) is 4.90 Å². The topological polar surface area (TPSA) is 29.3 Å². The Kier molecular flexibility index (Phi) is 4.27. The molecule has 2 aliphatic rings. The van der Waals surface area contributed by atoms with Gasteiger partial charge in [0.05, 0.1) is 0 Å². The van der Waals surface area contributed by atoms with Gasteiger partial charge in [0, 0.05) is 30.8 Å². The summed E-state index contributed by atoms with van der Waals surface area (Å²) in [6, 6.07) is 3.23. The van der Waals surface area contributed by atoms with Crippen molar-refractivity contribution in [2.45, 2.75) is 31.7 Å². The maximum absolute atomic E-state index is 13.7. The van der Waals surface area contributed by atoms with Crippen LogP contribution in [0.5, 0.6) is 0 Å². The number of hydrogen-bond donors (Lipinski definition) is 1. The summed E-state index contributed by atoms with van der Waals surface area (Å²) in [5.41, 5.74) is 6.49. The number of nitrogens with zero attached hydrogens (tertiary/aromatic N) is 1. The molecule has 2 saturated carbocycles. The minimum absolute atomic E-state index is 0.399. The predicted octanol–water partition coefficient (Wildman–Crippen LogP) is 3.33. The van der Waals surface area contributed by atoms with Crippen LogP contribution in [0.1, 0.15) is 37.3 Å². The Morgan fingerprint density at radius 3 is 2.71 bits per heavy atom. The number of nitrogens with two attached hydrogens (primary N) is 1. The standard InChI is InChI=1S/C17H24F2N2/c1-21(9-13-7-11-2-3-12(13)6-11)10-17(20)15-5-4-14(18)8-16(15)19/h4-5,8,11-13,17H,2-3,6-7,9-10,20H2,1H3. The van der Waals surface area contributed by atoms with Gasteiger partial charge in [-0.15, -0.1) is 0 Å². The van der Waals surface area contributed by atoms with Crippen molar-refractivity contribution < 1.29 is 8.78 Å². The molecule has 4 atom stereocenters. The first-order chi connectivity index (χ1) is 10.0. The minimum Gasteiger partial charge on any atom is -0.323 e. The molecule has 0 amide bonds. The van der Waals surface area contributed by atoms with E-state index in [-0.39, 0.29) is 0 Å². The molecule has 0 saturated heterocycles. The van der Waals surface area contributed by atoms with Gasteiger partial charge >= 0.3 is 0 Å². The molecule has 2 N–H and O–H groups in total. The summed E-state index contributed by atoms with van der Waals surface area (Å²) in [4.78, 5) is 2.21. The molecule has 4 heteroatoms. The Hall–Kier alpha value is -1.00. The Labute approximate surface area is 125 Å². The van der Waals surface area contributed by atoms with Gasteiger partial charge < -0.3 is 10.6 Å². The quantitative estimate of drug-likeness (QED) is 0.902. The summed E-state index contributed by atoms with van der Waals surface area (Å²) in [5.74, 6) is 1.50. The zero-order valence-corrected chi connectivity index (χ0v) is 12.6. The number of benzene rings is 1. The number of hydrogen-bond acceptors (Lipinski definition) is 2. The van der Waals surface area contributed by atoms with Crippen LogP contribution in [0.3, 0.4) is 0 Å². The van der Waals surface area contributed by atoms with E-state index in [1.54, 1.807) is 0 Å². The Morgan fingerprint density at radius 1 is 1.29 bits per heavy atom. The molecule has 2 nitrogen and oxygen atoms in total. The third kappa shape index (κ3) is 3.27. The van der Waals surface area contributed by atoms with E-state index >= 15 is 0 Å². The van der Waals surface area contributed by atoms with Gasteiger partial charge in [0.1, 0.15) is 11.6 Å². The summed E-state index contributed by atoms with van der Waals surface area (Å²) in [7, 11) is 2.05. The third-order valence-electron chi connectivity index (χ3n) is 5.30. The van der Waals surface area contributed by atoms with Crippen LogP contribution in [0.2, 0.25) is 0 Å². The molecule has 116 valence electrons. The maximum Gasteiger partial charge on any atom is 0.130 e. The maximum atomic E-state index is 13.7. The lowest BCUT2D eigenvalue weighted by atomic mass is 9.88. The Morgan fingerprint density at radius 2 is 2.10 bits per heavy atom. The molecule has 0 aromatic heterocycles. The SMILES string of the molecule is CN(CC(N)c1ccc(F)cc1F)CC1CC2CCC1C2. The van der Waals surface area contributed by atoms with Crippen molar-refractivity contribution in [3.63, 3.8) is 0 Å². The molecule has 4 unspecified atom stereocenters. The van der Waals surface area contributed by atoms with Gasteiger partial charge in [-0.3, -0.25) is 0 Å². The summed E-state index contributed by atoms with van der Waals surface area (Å²) in [5, 5.41) is 0. The van der Waals surface area contributed by atoms with Gasteiger partial charge in [0.2, 0.25) is 0 Å². The zero-order chi connectivity index (χ0) is 15.0. The van der Waals surface area contributed by atoms with E-state index in [1.165, 1.54) is 37.8 Å². The molecule has 0 aliphatic heterocycles. The van der Waals surface area contributed by atoms with Gasteiger partial charge in [-0.2, -0.15) is 0 Å². The summed E-state index contributed by atoms with van der Waals surface area (Å²) < 4.78 is 26.7. The molecule has 0 heterocycles. The van der Waals surface area contributed by atoms with Gasteiger partial charge in [0.25, 0.3) is 0 Å². The second kappa shape index (κ2) is 6.01. The van der Waals surface area contributed by atoms with Crippen LogP contribution in [0.15, 0.2) is 18.2 Å². The van der Waals surface area contributed by atoms with Crippen LogP contribution < -0.4 is 5.73 Å². The average molecular weight is 294 g/mol. The molecule has 1 aromatic rings. The second-order valence-corrected chi connectivity index (χ2v) is 6.93. The van der Waals surface area contributed by atoms with Crippen LogP contribution >= 0.6 is 0 Å². The van der Waals surface area contributed by atoms with Crippen molar-refractivity contribution >= 4 is 0 Å². The normalized spacial score (nSPS) is 29.3. The van der Waals surface area contributed by atoms with Crippen LogP contribution in [-0.2, 0) is 0 Å². The van der Waals surface area contributed by atoms with Gasteiger partial charge in [-0.1, -0.05) is 12.5 Å². The highest BCUT2D eigenvalue weighted by Gasteiger charge is 2.39. The fourth-order valence-corrected chi connectivity index (χ4v) is 4.31.